The van der Waals surface area contributed by atoms with Gasteiger partial charge in [0.15, 0.2) is 0 Å². The fourth-order valence-corrected chi connectivity index (χ4v) is 2.93. The third-order valence-electron chi connectivity index (χ3n) is 3.55. The lowest BCUT2D eigenvalue weighted by Crippen LogP contribution is -2.08. The lowest BCUT2D eigenvalue weighted by atomic mass is 9.99. The fraction of sp³-hybridized carbons (Fsp3) is 0.118. The van der Waals surface area contributed by atoms with E-state index in [9.17, 15) is 4.79 Å². The van der Waals surface area contributed by atoms with E-state index in [1.165, 1.54) is 7.11 Å². The molecule has 0 spiro atoms. The Morgan fingerprint density at radius 3 is 1.80 bits per heavy atom. The Morgan fingerprint density at radius 2 is 1.40 bits per heavy atom. The Morgan fingerprint density at radius 1 is 0.950 bits per heavy atom. The smallest absolute Gasteiger partial charge is 0.335 e. The maximum Gasteiger partial charge on any atom is 0.335 e. The highest BCUT2D eigenvalue weighted by atomic mass is 35.5. The first-order valence-corrected chi connectivity index (χ1v) is 6.88. The van der Waals surface area contributed by atoms with Crippen molar-refractivity contribution in [3.63, 3.8) is 0 Å². The van der Waals surface area contributed by atoms with Gasteiger partial charge >= 0.3 is 5.97 Å². The van der Waals surface area contributed by atoms with E-state index in [2.05, 4.69) is 12.1 Å². The predicted octanol–water partition coefficient (Wildman–Crippen LogP) is 3.88. The van der Waals surface area contributed by atoms with E-state index >= 15 is 0 Å². The van der Waals surface area contributed by atoms with Gasteiger partial charge in [0.25, 0.3) is 0 Å². The van der Waals surface area contributed by atoms with Crippen molar-refractivity contribution in [2.75, 3.05) is 13.0 Å². The summed E-state index contributed by atoms with van der Waals surface area (Å²) >= 11 is 6.00. The largest absolute Gasteiger partial charge is 0.466 e. The zero-order valence-electron chi connectivity index (χ0n) is 11.0. The number of rotatable bonds is 2. The second-order valence-corrected chi connectivity index (χ2v) is 4.84. The molecule has 0 amide bonds. The number of hydrogen-bond donors (Lipinski definition) is 0. The van der Waals surface area contributed by atoms with Crippen LogP contribution in [0.15, 0.2) is 54.1 Å². The third kappa shape index (κ3) is 1.84. The van der Waals surface area contributed by atoms with Crippen LogP contribution in [0, 0.1) is 0 Å². The number of methoxy groups -OCH3 is 1. The highest BCUT2D eigenvalue weighted by Crippen LogP contribution is 2.45. The highest BCUT2D eigenvalue weighted by molar-refractivity contribution is 6.25. The van der Waals surface area contributed by atoms with Gasteiger partial charge in [-0.2, -0.15) is 0 Å². The van der Waals surface area contributed by atoms with Gasteiger partial charge in [0.2, 0.25) is 0 Å². The maximum absolute atomic E-state index is 12.0. The molecule has 0 bridgehead atoms. The molecule has 2 nitrogen and oxygen atoms in total. The Balaban J connectivity index is 2.36. The van der Waals surface area contributed by atoms with Crippen molar-refractivity contribution in [1.29, 1.82) is 0 Å². The minimum atomic E-state index is -0.374. The summed E-state index contributed by atoms with van der Waals surface area (Å²) in [4.78, 5) is 12.0. The van der Waals surface area contributed by atoms with Crippen LogP contribution in [-0.2, 0) is 9.53 Å². The van der Waals surface area contributed by atoms with Gasteiger partial charge in [-0.25, -0.2) is 4.79 Å². The third-order valence-corrected chi connectivity index (χ3v) is 3.82. The number of ether oxygens (including phenoxy) is 1. The van der Waals surface area contributed by atoms with Crippen LogP contribution in [0.1, 0.15) is 11.1 Å². The van der Waals surface area contributed by atoms with Crippen LogP contribution in [0.2, 0.25) is 0 Å². The van der Waals surface area contributed by atoms with Crippen LogP contribution in [0.3, 0.4) is 0 Å². The van der Waals surface area contributed by atoms with Crippen molar-refractivity contribution >= 4 is 23.1 Å². The van der Waals surface area contributed by atoms with E-state index in [0.29, 0.717) is 5.57 Å². The summed E-state index contributed by atoms with van der Waals surface area (Å²) in [6.45, 7) is 0. The molecule has 0 heterocycles. The number of alkyl halides is 1. The molecule has 0 unspecified atom stereocenters. The average molecular weight is 285 g/mol. The fourth-order valence-electron chi connectivity index (χ4n) is 2.69. The Labute approximate surface area is 122 Å². The zero-order valence-corrected chi connectivity index (χ0v) is 11.8. The molecule has 3 rings (SSSR count). The first-order chi connectivity index (χ1) is 9.77. The second kappa shape index (κ2) is 5.14. The minimum absolute atomic E-state index is 0.130. The van der Waals surface area contributed by atoms with Crippen molar-refractivity contribution in [3.8, 4) is 11.1 Å². The van der Waals surface area contributed by atoms with Gasteiger partial charge in [-0.1, -0.05) is 48.5 Å². The van der Waals surface area contributed by atoms with Gasteiger partial charge in [-0.05, 0) is 22.3 Å². The van der Waals surface area contributed by atoms with Gasteiger partial charge in [0.1, 0.15) is 0 Å². The molecule has 0 fully saturated rings. The molecule has 1 aliphatic carbocycles. The van der Waals surface area contributed by atoms with Crippen LogP contribution in [0.25, 0.3) is 16.7 Å². The van der Waals surface area contributed by atoms with Crippen LogP contribution in [0.4, 0.5) is 0 Å². The van der Waals surface area contributed by atoms with E-state index in [0.717, 1.165) is 27.8 Å². The normalized spacial score (nSPS) is 11.8. The van der Waals surface area contributed by atoms with Crippen LogP contribution < -0.4 is 0 Å². The Hall–Kier alpha value is -2.06. The second-order valence-electron chi connectivity index (χ2n) is 4.57. The predicted molar refractivity (Wildman–Crippen MR) is 80.6 cm³/mol. The summed E-state index contributed by atoms with van der Waals surface area (Å²) in [5, 5.41) is 0. The van der Waals surface area contributed by atoms with Crippen molar-refractivity contribution in [2.45, 2.75) is 0 Å². The number of esters is 1. The minimum Gasteiger partial charge on any atom is -0.466 e. The molecule has 100 valence electrons. The maximum atomic E-state index is 12.0. The van der Waals surface area contributed by atoms with E-state index in [-0.39, 0.29) is 11.8 Å². The van der Waals surface area contributed by atoms with Gasteiger partial charge in [0, 0.05) is 5.57 Å². The topological polar surface area (TPSA) is 26.3 Å². The summed E-state index contributed by atoms with van der Waals surface area (Å²) in [6, 6.07) is 16.1. The summed E-state index contributed by atoms with van der Waals surface area (Å²) in [6.07, 6.45) is 0. The lowest BCUT2D eigenvalue weighted by molar-refractivity contribution is -0.135. The van der Waals surface area contributed by atoms with E-state index < -0.39 is 0 Å². The van der Waals surface area contributed by atoms with Crippen molar-refractivity contribution < 1.29 is 9.53 Å². The lowest BCUT2D eigenvalue weighted by Gasteiger charge is -2.09. The molecule has 0 saturated heterocycles. The van der Waals surface area contributed by atoms with Gasteiger partial charge in [-0.3, -0.25) is 0 Å². The molecular formula is C17H13ClO2. The molecule has 0 aromatic heterocycles. The van der Waals surface area contributed by atoms with Crippen molar-refractivity contribution in [1.82, 2.24) is 0 Å². The summed E-state index contributed by atoms with van der Waals surface area (Å²) in [5.74, 6) is -0.244. The number of carbonyl (C=O) groups is 1. The summed E-state index contributed by atoms with van der Waals surface area (Å²) < 4.78 is 4.86. The molecule has 0 N–H and O–H groups in total. The number of halogens is 1. The first kappa shape index (κ1) is 12.9. The Kier molecular flexibility index (Phi) is 3.33. The average Bonchev–Trinajstić information content (AvgIpc) is 2.83. The number of fused-ring (bicyclic) bond motifs is 3. The van der Waals surface area contributed by atoms with Crippen molar-refractivity contribution in [3.05, 3.63) is 65.2 Å². The number of hydrogen-bond acceptors (Lipinski definition) is 2. The number of benzene rings is 2. The van der Waals surface area contributed by atoms with Gasteiger partial charge in [0.05, 0.1) is 18.6 Å². The first-order valence-electron chi connectivity index (χ1n) is 6.34. The van der Waals surface area contributed by atoms with E-state index in [1.807, 2.05) is 36.4 Å². The molecule has 0 aliphatic heterocycles. The van der Waals surface area contributed by atoms with E-state index in [1.54, 1.807) is 0 Å². The molecule has 0 atom stereocenters. The van der Waals surface area contributed by atoms with Crippen LogP contribution >= 0.6 is 11.6 Å². The van der Waals surface area contributed by atoms with Gasteiger partial charge < -0.3 is 4.74 Å². The molecule has 2 aromatic carbocycles. The number of carbonyl (C=O) groups excluding carboxylic acids is 1. The quantitative estimate of drug-likeness (QED) is 0.405. The van der Waals surface area contributed by atoms with Crippen LogP contribution in [-0.4, -0.2) is 19.0 Å². The molecule has 2 aromatic rings. The molecular weight excluding hydrogens is 272 g/mol. The molecule has 1 aliphatic rings. The molecule has 3 heteroatoms. The SMILES string of the molecule is COC(=O)C(CCl)=C1c2ccccc2-c2ccccc21. The highest BCUT2D eigenvalue weighted by Gasteiger charge is 2.27. The standard InChI is InChI=1S/C17H13ClO2/c1-20-17(19)15(10-18)16-13-8-4-2-6-11(13)12-7-3-5-9-14(12)16/h2-9H,10H2,1H3. The molecule has 0 saturated carbocycles. The Bertz CT molecular complexity index is 669. The monoisotopic (exact) mass is 284 g/mol. The summed E-state index contributed by atoms with van der Waals surface area (Å²) in [7, 11) is 1.38. The summed E-state index contributed by atoms with van der Waals surface area (Å²) in [5.41, 5.74) is 5.73. The zero-order chi connectivity index (χ0) is 14.1. The van der Waals surface area contributed by atoms with Crippen LogP contribution in [0.5, 0.6) is 0 Å². The van der Waals surface area contributed by atoms with E-state index in [4.69, 9.17) is 16.3 Å². The molecule has 0 radical (unpaired) electrons. The van der Waals surface area contributed by atoms with Crippen molar-refractivity contribution in [2.24, 2.45) is 0 Å². The molecule has 20 heavy (non-hydrogen) atoms. The van der Waals surface area contributed by atoms with Gasteiger partial charge in [-0.15, -0.1) is 11.6 Å².